The molecule has 5 heteroatoms. The summed E-state index contributed by atoms with van der Waals surface area (Å²) in [5.41, 5.74) is 2.40. The molecule has 2 aromatic rings. The van der Waals surface area contributed by atoms with E-state index in [2.05, 4.69) is 23.4 Å². The van der Waals surface area contributed by atoms with E-state index in [1.54, 1.807) is 0 Å². The molecule has 2 rings (SSSR count). The van der Waals surface area contributed by atoms with E-state index < -0.39 is 0 Å². The Bertz CT molecular complexity index is 566. The molecule has 0 aliphatic carbocycles. The predicted molar refractivity (Wildman–Crippen MR) is 84.4 cm³/mol. The summed E-state index contributed by atoms with van der Waals surface area (Å²) in [7, 11) is 1.97. The molecule has 1 aromatic carbocycles. The molecule has 0 spiro atoms. The number of hydrogen-bond acceptors (Lipinski definition) is 2. The SMILES string of the molecule is CCNC(CCc1ccnn1C)c1ccc(Cl)c(Cl)c1. The molecule has 1 aromatic heterocycles. The molecule has 0 fully saturated rings. The van der Waals surface area contributed by atoms with Gasteiger partial charge in [-0.15, -0.1) is 0 Å². The molecule has 1 atom stereocenters. The van der Waals surface area contributed by atoms with Gasteiger partial charge in [0.05, 0.1) is 10.0 Å². The van der Waals surface area contributed by atoms with Gasteiger partial charge in [0.2, 0.25) is 0 Å². The standard InChI is InChI=1S/C15H19Cl2N3/c1-3-18-15(7-5-12-8-9-19-20(12)2)11-4-6-13(16)14(17)10-11/h4,6,8-10,15,18H,3,5,7H2,1-2H3. The Hall–Kier alpha value is -1.03. The summed E-state index contributed by atoms with van der Waals surface area (Å²) in [6, 6.07) is 8.15. The number of nitrogens with zero attached hydrogens (tertiary/aromatic N) is 2. The Kier molecular flexibility index (Phi) is 5.46. The molecular formula is C15H19Cl2N3. The second kappa shape index (κ2) is 7.11. The van der Waals surface area contributed by atoms with Crippen molar-refractivity contribution >= 4 is 23.2 Å². The fourth-order valence-electron chi connectivity index (χ4n) is 2.30. The largest absolute Gasteiger partial charge is 0.310 e. The molecule has 0 aliphatic rings. The highest BCUT2D eigenvalue weighted by atomic mass is 35.5. The molecule has 1 N–H and O–H groups in total. The van der Waals surface area contributed by atoms with E-state index in [9.17, 15) is 0 Å². The van der Waals surface area contributed by atoms with Crippen molar-refractivity contribution < 1.29 is 0 Å². The molecular weight excluding hydrogens is 293 g/mol. The van der Waals surface area contributed by atoms with Crippen LogP contribution in [-0.4, -0.2) is 16.3 Å². The van der Waals surface area contributed by atoms with Gasteiger partial charge in [-0.2, -0.15) is 5.10 Å². The summed E-state index contributed by atoms with van der Waals surface area (Å²) in [5, 5.41) is 8.89. The van der Waals surface area contributed by atoms with Crippen molar-refractivity contribution in [2.24, 2.45) is 7.05 Å². The minimum absolute atomic E-state index is 0.268. The molecule has 0 bridgehead atoms. The van der Waals surface area contributed by atoms with Crippen LogP contribution in [0.2, 0.25) is 10.0 Å². The minimum atomic E-state index is 0.268. The Morgan fingerprint density at radius 2 is 2.05 bits per heavy atom. The highest BCUT2D eigenvalue weighted by Crippen LogP contribution is 2.27. The van der Waals surface area contributed by atoms with E-state index in [4.69, 9.17) is 23.2 Å². The third-order valence-corrected chi connectivity index (χ3v) is 4.15. The van der Waals surface area contributed by atoms with Crippen LogP contribution in [0.3, 0.4) is 0 Å². The summed E-state index contributed by atoms with van der Waals surface area (Å²) in [4.78, 5) is 0. The first-order valence-corrected chi connectivity index (χ1v) is 7.52. The van der Waals surface area contributed by atoms with Gasteiger partial charge in [-0.1, -0.05) is 36.2 Å². The maximum atomic E-state index is 6.11. The predicted octanol–water partition coefficient (Wildman–Crippen LogP) is 4.01. The second-order valence-electron chi connectivity index (χ2n) is 4.77. The van der Waals surface area contributed by atoms with Gasteiger partial charge in [0.25, 0.3) is 0 Å². The molecule has 1 unspecified atom stereocenters. The van der Waals surface area contributed by atoms with Crippen LogP contribution in [-0.2, 0) is 13.5 Å². The number of rotatable bonds is 6. The monoisotopic (exact) mass is 311 g/mol. The number of hydrogen-bond donors (Lipinski definition) is 1. The molecule has 0 aliphatic heterocycles. The molecule has 108 valence electrons. The van der Waals surface area contributed by atoms with E-state index in [0.29, 0.717) is 10.0 Å². The Morgan fingerprint density at radius 3 is 2.65 bits per heavy atom. The molecule has 0 saturated carbocycles. The molecule has 3 nitrogen and oxygen atoms in total. The average molecular weight is 312 g/mol. The van der Waals surface area contributed by atoms with Gasteiger partial charge in [0.1, 0.15) is 0 Å². The van der Waals surface area contributed by atoms with Crippen LogP contribution in [0.5, 0.6) is 0 Å². The molecule has 0 amide bonds. The maximum Gasteiger partial charge on any atom is 0.0595 e. The quantitative estimate of drug-likeness (QED) is 0.873. The van der Waals surface area contributed by atoms with Crippen LogP contribution in [0.4, 0.5) is 0 Å². The van der Waals surface area contributed by atoms with Gasteiger partial charge in [0.15, 0.2) is 0 Å². The third kappa shape index (κ3) is 3.75. The smallest absolute Gasteiger partial charge is 0.0595 e. The van der Waals surface area contributed by atoms with Gasteiger partial charge < -0.3 is 5.32 Å². The van der Waals surface area contributed by atoms with Crippen LogP contribution in [0.15, 0.2) is 30.5 Å². The second-order valence-corrected chi connectivity index (χ2v) is 5.58. The maximum absolute atomic E-state index is 6.11. The van der Waals surface area contributed by atoms with Gasteiger partial charge in [0, 0.05) is 25.0 Å². The van der Waals surface area contributed by atoms with Crippen molar-refractivity contribution in [3.8, 4) is 0 Å². The van der Waals surface area contributed by atoms with Gasteiger partial charge in [-0.25, -0.2) is 0 Å². The minimum Gasteiger partial charge on any atom is -0.310 e. The lowest BCUT2D eigenvalue weighted by Gasteiger charge is -2.19. The van der Waals surface area contributed by atoms with Gasteiger partial charge in [-0.05, 0) is 43.1 Å². The summed E-state index contributed by atoms with van der Waals surface area (Å²) < 4.78 is 1.91. The molecule has 0 radical (unpaired) electrons. The van der Waals surface area contributed by atoms with Crippen LogP contribution < -0.4 is 5.32 Å². The zero-order valence-corrected chi connectivity index (χ0v) is 13.2. The summed E-state index contributed by atoms with van der Waals surface area (Å²) >= 11 is 12.1. The van der Waals surface area contributed by atoms with Crippen LogP contribution in [0.25, 0.3) is 0 Å². The number of aryl methyl sites for hydroxylation is 2. The first-order valence-electron chi connectivity index (χ1n) is 6.77. The zero-order chi connectivity index (χ0) is 14.5. The summed E-state index contributed by atoms with van der Waals surface area (Å²) in [6.07, 6.45) is 3.79. The van der Waals surface area contributed by atoms with Crippen molar-refractivity contribution in [1.29, 1.82) is 0 Å². The fourth-order valence-corrected chi connectivity index (χ4v) is 2.61. The third-order valence-electron chi connectivity index (χ3n) is 3.41. The van der Waals surface area contributed by atoms with Gasteiger partial charge in [-0.3, -0.25) is 4.68 Å². The van der Waals surface area contributed by atoms with Crippen LogP contribution >= 0.6 is 23.2 Å². The Balaban J connectivity index is 2.10. The van der Waals surface area contributed by atoms with E-state index in [1.165, 1.54) is 11.3 Å². The molecule has 20 heavy (non-hydrogen) atoms. The van der Waals surface area contributed by atoms with E-state index in [-0.39, 0.29) is 6.04 Å². The lowest BCUT2D eigenvalue weighted by Crippen LogP contribution is -2.21. The molecule has 0 saturated heterocycles. The summed E-state index contributed by atoms with van der Waals surface area (Å²) in [6.45, 7) is 3.02. The van der Waals surface area contributed by atoms with Crippen molar-refractivity contribution in [2.45, 2.75) is 25.8 Å². The highest BCUT2D eigenvalue weighted by molar-refractivity contribution is 6.42. The number of benzene rings is 1. The summed E-state index contributed by atoms with van der Waals surface area (Å²) in [5.74, 6) is 0. The zero-order valence-electron chi connectivity index (χ0n) is 11.7. The Labute approximate surface area is 129 Å². The van der Waals surface area contributed by atoms with E-state index in [0.717, 1.165) is 19.4 Å². The fraction of sp³-hybridized carbons (Fsp3) is 0.400. The van der Waals surface area contributed by atoms with Crippen molar-refractivity contribution in [3.63, 3.8) is 0 Å². The van der Waals surface area contributed by atoms with E-state index in [1.807, 2.05) is 36.1 Å². The number of nitrogens with one attached hydrogen (secondary N) is 1. The van der Waals surface area contributed by atoms with Gasteiger partial charge >= 0.3 is 0 Å². The lowest BCUT2D eigenvalue weighted by atomic mass is 10.0. The number of aromatic nitrogens is 2. The van der Waals surface area contributed by atoms with Crippen LogP contribution in [0.1, 0.15) is 30.6 Å². The normalized spacial score (nSPS) is 12.6. The van der Waals surface area contributed by atoms with E-state index >= 15 is 0 Å². The van der Waals surface area contributed by atoms with Crippen molar-refractivity contribution in [1.82, 2.24) is 15.1 Å². The highest BCUT2D eigenvalue weighted by Gasteiger charge is 2.13. The first kappa shape index (κ1) is 15.4. The first-order chi connectivity index (χ1) is 9.61. The topological polar surface area (TPSA) is 29.9 Å². The van der Waals surface area contributed by atoms with Crippen LogP contribution in [0, 0.1) is 0 Å². The molecule has 1 heterocycles. The van der Waals surface area contributed by atoms with Crippen molar-refractivity contribution in [3.05, 3.63) is 51.8 Å². The lowest BCUT2D eigenvalue weighted by molar-refractivity contribution is 0.506. The number of halogens is 2. The Morgan fingerprint density at radius 1 is 1.25 bits per heavy atom. The van der Waals surface area contributed by atoms with Crippen molar-refractivity contribution in [2.75, 3.05) is 6.54 Å². The average Bonchev–Trinajstić information content (AvgIpc) is 2.83.